The number of halogens is 2. The Labute approximate surface area is 182 Å². The number of aromatic carboxylic acids is 1. The summed E-state index contributed by atoms with van der Waals surface area (Å²) < 4.78 is 5.65. The van der Waals surface area contributed by atoms with Crippen LogP contribution in [0.25, 0.3) is 17.4 Å². The van der Waals surface area contributed by atoms with Crippen molar-refractivity contribution in [2.45, 2.75) is 6.92 Å². The maximum absolute atomic E-state index is 12.5. The lowest BCUT2D eigenvalue weighted by molar-refractivity contribution is -0.112. The van der Waals surface area contributed by atoms with Crippen molar-refractivity contribution >= 4 is 46.8 Å². The number of carbonyl (C=O) groups is 2. The Bertz CT molecular complexity index is 1220. The number of nitrogens with zero attached hydrogens (tertiary/aromatic N) is 1. The van der Waals surface area contributed by atoms with E-state index in [1.165, 1.54) is 24.3 Å². The van der Waals surface area contributed by atoms with Crippen molar-refractivity contribution in [2.24, 2.45) is 0 Å². The van der Waals surface area contributed by atoms with E-state index in [1.54, 1.807) is 37.3 Å². The Morgan fingerprint density at radius 3 is 2.60 bits per heavy atom. The summed E-state index contributed by atoms with van der Waals surface area (Å²) in [6.07, 6.45) is 1.29. The van der Waals surface area contributed by atoms with E-state index >= 15 is 0 Å². The summed E-state index contributed by atoms with van der Waals surface area (Å²) in [6.45, 7) is 1.80. The molecule has 8 heteroatoms. The second kappa shape index (κ2) is 8.87. The molecule has 3 rings (SSSR count). The number of carboxylic acids is 1. The number of carbonyl (C=O) groups excluding carboxylic acids is 1. The van der Waals surface area contributed by atoms with E-state index in [2.05, 4.69) is 5.32 Å². The van der Waals surface area contributed by atoms with Crippen LogP contribution in [0.5, 0.6) is 0 Å². The van der Waals surface area contributed by atoms with Crippen molar-refractivity contribution in [2.75, 3.05) is 5.32 Å². The molecule has 2 aromatic carbocycles. The quantitative estimate of drug-likeness (QED) is 0.385. The minimum absolute atomic E-state index is 0.0527. The van der Waals surface area contributed by atoms with Crippen molar-refractivity contribution in [3.05, 3.63) is 81.0 Å². The first-order valence-corrected chi connectivity index (χ1v) is 9.36. The Hall–Kier alpha value is -3.53. The molecule has 1 heterocycles. The monoisotopic (exact) mass is 440 g/mol. The third-order valence-electron chi connectivity index (χ3n) is 4.21. The molecule has 0 aliphatic carbocycles. The van der Waals surface area contributed by atoms with Gasteiger partial charge in [0.25, 0.3) is 5.91 Å². The minimum atomic E-state index is -1.10. The van der Waals surface area contributed by atoms with Gasteiger partial charge in [-0.05, 0) is 55.0 Å². The van der Waals surface area contributed by atoms with Gasteiger partial charge in [-0.2, -0.15) is 5.26 Å². The molecule has 0 unspecified atom stereocenters. The fraction of sp³-hybridized carbons (Fsp3) is 0.0455. The molecule has 0 spiro atoms. The Morgan fingerprint density at radius 2 is 1.90 bits per heavy atom. The molecule has 1 amide bonds. The highest BCUT2D eigenvalue weighted by molar-refractivity contribution is 6.33. The highest BCUT2D eigenvalue weighted by Gasteiger charge is 2.15. The molecular weight excluding hydrogens is 427 g/mol. The fourth-order valence-electron chi connectivity index (χ4n) is 2.63. The zero-order chi connectivity index (χ0) is 21.8. The molecule has 0 saturated carbocycles. The average molecular weight is 441 g/mol. The number of furan rings is 1. The van der Waals surface area contributed by atoms with Crippen LogP contribution in [0.4, 0.5) is 5.69 Å². The number of rotatable bonds is 5. The van der Waals surface area contributed by atoms with Gasteiger partial charge < -0.3 is 14.8 Å². The number of nitrogens with one attached hydrogen (secondary N) is 1. The van der Waals surface area contributed by atoms with Crippen molar-refractivity contribution < 1.29 is 19.1 Å². The summed E-state index contributed by atoms with van der Waals surface area (Å²) in [5, 5.41) is 21.9. The van der Waals surface area contributed by atoms with Gasteiger partial charge >= 0.3 is 5.97 Å². The van der Waals surface area contributed by atoms with Gasteiger partial charge in [0.05, 0.1) is 10.6 Å². The highest BCUT2D eigenvalue weighted by Crippen LogP contribution is 2.31. The predicted molar refractivity (Wildman–Crippen MR) is 115 cm³/mol. The molecule has 0 bridgehead atoms. The standard InChI is InChI=1S/C22H14Cl2N2O4/c1-12-2-4-15(23)10-19(12)26-21(27)14(11-25)8-16-5-7-20(30-16)17-9-13(22(28)29)3-6-18(17)24/h2-10H,1H3,(H,26,27)(H,28,29). The van der Waals surface area contributed by atoms with Gasteiger partial charge in [-0.1, -0.05) is 29.3 Å². The first-order valence-electron chi connectivity index (χ1n) is 8.61. The van der Waals surface area contributed by atoms with E-state index in [-0.39, 0.29) is 16.9 Å². The summed E-state index contributed by atoms with van der Waals surface area (Å²) in [6, 6.07) is 14.2. The van der Waals surface area contributed by atoms with Crippen LogP contribution in [0.2, 0.25) is 10.0 Å². The third-order valence-corrected chi connectivity index (χ3v) is 4.77. The topological polar surface area (TPSA) is 103 Å². The molecule has 6 nitrogen and oxygen atoms in total. The van der Waals surface area contributed by atoms with Crippen LogP contribution in [0.3, 0.4) is 0 Å². The van der Waals surface area contributed by atoms with Gasteiger partial charge in [-0.3, -0.25) is 4.79 Å². The van der Waals surface area contributed by atoms with E-state index in [4.69, 9.17) is 32.7 Å². The lowest BCUT2D eigenvalue weighted by Crippen LogP contribution is -2.14. The number of aryl methyl sites for hydroxylation is 1. The SMILES string of the molecule is Cc1ccc(Cl)cc1NC(=O)C(C#N)=Cc1ccc(-c2cc(C(=O)O)ccc2Cl)o1. The van der Waals surface area contributed by atoms with E-state index in [1.807, 2.05) is 6.07 Å². The number of hydrogen-bond donors (Lipinski definition) is 2. The summed E-state index contributed by atoms with van der Waals surface area (Å²) in [5.74, 6) is -1.18. The summed E-state index contributed by atoms with van der Waals surface area (Å²) in [5.41, 5.74) is 1.54. The van der Waals surface area contributed by atoms with E-state index in [0.717, 1.165) is 5.56 Å². The van der Waals surface area contributed by atoms with Crippen LogP contribution in [-0.2, 0) is 4.79 Å². The lowest BCUT2D eigenvalue weighted by atomic mass is 10.1. The number of carboxylic acid groups (broad SMARTS) is 1. The van der Waals surface area contributed by atoms with Gasteiger partial charge in [-0.25, -0.2) is 4.79 Å². The summed E-state index contributed by atoms with van der Waals surface area (Å²) in [4.78, 5) is 23.7. The Balaban J connectivity index is 1.88. The van der Waals surface area contributed by atoms with Crippen molar-refractivity contribution in [1.29, 1.82) is 5.26 Å². The molecule has 3 aromatic rings. The van der Waals surface area contributed by atoms with E-state index < -0.39 is 11.9 Å². The first-order chi connectivity index (χ1) is 14.3. The Kier molecular flexibility index (Phi) is 6.26. The lowest BCUT2D eigenvalue weighted by Gasteiger charge is -2.08. The molecule has 0 fully saturated rings. The van der Waals surface area contributed by atoms with Crippen molar-refractivity contribution in [1.82, 2.24) is 0 Å². The van der Waals surface area contributed by atoms with Crippen LogP contribution in [0.15, 0.2) is 58.5 Å². The molecule has 0 atom stereocenters. The second-order valence-corrected chi connectivity index (χ2v) is 7.13. The number of amides is 1. The predicted octanol–water partition coefficient (Wildman–Crippen LogP) is 5.81. The molecule has 0 radical (unpaired) electrons. The summed E-state index contributed by atoms with van der Waals surface area (Å²) >= 11 is 12.1. The van der Waals surface area contributed by atoms with Gasteiger partial charge in [0.15, 0.2) is 0 Å². The van der Waals surface area contributed by atoms with Crippen LogP contribution in [-0.4, -0.2) is 17.0 Å². The van der Waals surface area contributed by atoms with E-state index in [9.17, 15) is 14.9 Å². The van der Waals surface area contributed by atoms with Crippen molar-refractivity contribution in [3.63, 3.8) is 0 Å². The zero-order valence-electron chi connectivity index (χ0n) is 15.6. The molecule has 30 heavy (non-hydrogen) atoms. The molecule has 0 aliphatic rings. The van der Waals surface area contributed by atoms with Gasteiger partial charge in [0, 0.05) is 22.3 Å². The smallest absolute Gasteiger partial charge is 0.335 e. The van der Waals surface area contributed by atoms with Crippen molar-refractivity contribution in [3.8, 4) is 17.4 Å². The molecule has 0 aliphatic heterocycles. The maximum Gasteiger partial charge on any atom is 0.335 e. The molecule has 1 aromatic heterocycles. The minimum Gasteiger partial charge on any atom is -0.478 e. The second-order valence-electron chi connectivity index (χ2n) is 6.28. The Morgan fingerprint density at radius 1 is 1.13 bits per heavy atom. The van der Waals surface area contributed by atoms with Crippen LogP contribution < -0.4 is 5.32 Å². The van der Waals surface area contributed by atoms with Crippen LogP contribution >= 0.6 is 23.2 Å². The highest BCUT2D eigenvalue weighted by atomic mass is 35.5. The number of anilines is 1. The average Bonchev–Trinajstić information content (AvgIpc) is 3.17. The molecule has 2 N–H and O–H groups in total. The zero-order valence-corrected chi connectivity index (χ0v) is 17.1. The van der Waals surface area contributed by atoms with E-state index in [0.29, 0.717) is 27.1 Å². The normalized spacial score (nSPS) is 11.1. The number of hydrogen-bond acceptors (Lipinski definition) is 4. The van der Waals surface area contributed by atoms with Gasteiger partial charge in [0.1, 0.15) is 23.2 Å². The molecule has 150 valence electrons. The van der Waals surface area contributed by atoms with Gasteiger partial charge in [0.2, 0.25) is 0 Å². The van der Waals surface area contributed by atoms with Crippen LogP contribution in [0.1, 0.15) is 21.7 Å². The van der Waals surface area contributed by atoms with Crippen LogP contribution in [0, 0.1) is 18.3 Å². The summed E-state index contributed by atoms with van der Waals surface area (Å²) in [7, 11) is 0. The number of benzene rings is 2. The van der Waals surface area contributed by atoms with Gasteiger partial charge in [-0.15, -0.1) is 0 Å². The first kappa shape index (κ1) is 21.2. The third kappa shape index (κ3) is 4.71. The largest absolute Gasteiger partial charge is 0.478 e. The molecular formula is C22H14Cl2N2O4. The fourth-order valence-corrected chi connectivity index (χ4v) is 3.01. The maximum atomic E-state index is 12.5. The number of nitriles is 1. The molecule has 0 saturated heterocycles.